The number of ether oxygens (including phenoxy) is 1. The van der Waals surface area contributed by atoms with Crippen LogP contribution in [0.25, 0.3) is 5.65 Å². The van der Waals surface area contributed by atoms with E-state index < -0.39 is 5.54 Å². The smallest absolute Gasteiger partial charge is 0.257 e. The SMILES string of the molecule is Cc1cnc2c(c1)C1CCON1c1ccn3ncc(c3n1)C(=O)NC(C)(C)CO2. The summed E-state index contributed by atoms with van der Waals surface area (Å²) in [7, 11) is 0. The van der Waals surface area contributed by atoms with Gasteiger partial charge in [0.05, 0.1) is 24.4 Å². The third-order valence-electron chi connectivity index (χ3n) is 5.13. The summed E-state index contributed by atoms with van der Waals surface area (Å²) in [5.41, 5.74) is 2.25. The molecular weight excluding hydrogens is 372 g/mol. The van der Waals surface area contributed by atoms with Crippen LogP contribution in [-0.4, -0.2) is 44.2 Å². The Balaban J connectivity index is 1.70. The van der Waals surface area contributed by atoms with Crippen LogP contribution in [-0.2, 0) is 4.84 Å². The van der Waals surface area contributed by atoms with Gasteiger partial charge in [-0.25, -0.2) is 19.5 Å². The van der Waals surface area contributed by atoms with E-state index in [2.05, 4.69) is 21.5 Å². The average molecular weight is 394 g/mol. The van der Waals surface area contributed by atoms with Crippen LogP contribution >= 0.6 is 0 Å². The van der Waals surface area contributed by atoms with Gasteiger partial charge >= 0.3 is 0 Å². The maximum atomic E-state index is 12.9. The fourth-order valence-electron chi connectivity index (χ4n) is 3.72. The molecule has 0 saturated carbocycles. The molecule has 1 saturated heterocycles. The van der Waals surface area contributed by atoms with Crippen molar-refractivity contribution >= 4 is 17.4 Å². The summed E-state index contributed by atoms with van der Waals surface area (Å²) in [6, 6.07) is 3.81. The van der Waals surface area contributed by atoms with Crippen molar-refractivity contribution in [2.24, 2.45) is 0 Å². The number of hydrogen-bond acceptors (Lipinski definition) is 7. The van der Waals surface area contributed by atoms with E-state index in [1.165, 1.54) is 6.20 Å². The number of carbonyl (C=O) groups excluding carboxylic acids is 1. The maximum absolute atomic E-state index is 12.9. The highest BCUT2D eigenvalue weighted by molar-refractivity contribution is 6.00. The number of carbonyl (C=O) groups is 1. The highest BCUT2D eigenvalue weighted by Crippen LogP contribution is 2.38. The Hall–Kier alpha value is -3.20. The molecule has 1 atom stereocenters. The molecule has 2 aliphatic rings. The molecule has 150 valence electrons. The third-order valence-corrected chi connectivity index (χ3v) is 5.13. The van der Waals surface area contributed by atoms with E-state index in [9.17, 15) is 4.79 Å². The number of amides is 1. The van der Waals surface area contributed by atoms with Crippen LogP contribution in [0.15, 0.2) is 30.7 Å². The molecule has 3 aromatic rings. The highest BCUT2D eigenvalue weighted by atomic mass is 16.7. The van der Waals surface area contributed by atoms with Crippen LogP contribution in [0.1, 0.15) is 47.8 Å². The molecule has 29 heavy (non-hydrogen) atoms. The third kappa shape index (κ3) is 3.07. The van der Waals surface area contributed by atoms with Gasteiger partial charge in [-0.2, -0.15) is 5.10 Å². The summed E-state index contributed by atoms with van der Waals surface area (Å²) < 4.78 is 7.68. The van der Waals surface area contributed by atoms with Gasteiger partial charge in [0.1, 0.15) is 12.2 Å². The Bertz CT molecular complexity index is 1110. The maximum Gasteiger partial charge on any atom is 0.257 e. The fraction of sp³-hybridized carbons (Fsp3) is 0.400. The molecule has 1 N–H and O–H groups in total. The van der Waals surface area contributed by atoms with Crippen molar-refractivity contribution in [3.63, 3.8) is 0 Å². The summed E-state index contributed by atoms with van der Waals surface area (Å²) in [6.07, 6.45) is 5.87. The molecule has 9 nitrogen and oxygen atoms in total. The number of pyridine rings is 1. The quantitative estimate of drug-likeness (QED) is 0.625. The van der Waals surface area contributed by atoms with Crippen LogP contribution in [0.5, 0.6) is 5.88 Å². The van der Waals surface area contributed by atoms with Crippen LogP contribution in [0.2, 0.25) is 0 Å². The second-order valence-corrected chi connectivity index (χ2v) is 8.11. The van der Waals surface area contributed by atoms with Gasteiger partial charge in [0.15, 0.2) is 11.5 Å². The van der Waals surface area contributed by atoms with E-state index in [1.54, 1.807) is 22.0 Å². The minimum atomic E-state index is -0.618. The monoisotopic (exact) mass is 394 g/mol. The first kappa shape index (κ1) is 17.9. The molecule has 5 heterocycles. The molecule has 0 spiro atoms. The Kier molecular flexibility index (Phi) is 3.95. The zero-order valence-corrected chi connectivity index (χ0v) is 16.5. The number of nitrogens with zero attached hydrogens (tertiary/aromatic N) is 5. The molecule has 0 aliphatic carbocycles. The Labute approximate surface area is 167 Å². The van der Waals surface area contributed by atoms with Crippen molar-refractivity contribution in [2.75, 3.05) is 18.3 Å². The van der Waals surface area contributed by atoms with Crippen LogP contribution in [0, 0.1) is 6.92 Å². The van der Waals surface area contributed by atoms with Gasteiger partial charge in [-0.15, -0.1) is 0 Å². The molecule has 2 bridgehead atoms. The van der Waals surface area contributed by atoms with E-state index >= 15 is 0 Å². The first-order valence-electron chi connectivity index (χ1n) is 9.60. The van der Waals surface area contributed by atoms with E-state index in [4.69, 9.17) is 14.6 Å². The number of anilines is 1. The van der Waals surface area contributed by atoms with Crippen molar-refractivity contribution in [3.05, 3.63) is 47.4 Å². The summed E-state index contributed by atoms with van der Waals surface area (Å²) >= 11 is 0. The molecule has 1 fully saturated rings. The molecule has 0 radical (unpaired) electrons. The van der Waals surface area contributed by atoms with E-state index in [0.717, 1.165) is 17.5 Å². The van der Waals surface area contributed by atoms with Gasteiger partial charge in [-0.3, -0.25) is 9.63 Å². The minimum absolute atomic E-state index is 0.0914. The predicted octanol–water partition coefficient (Wildman–Crippen LogP) is 2.22. The zero-order valence-electron chi connectivity index (χ0n) is 16.5. The molecular formula is C20H22N6O3. The molecule has 1 amide bonds. The number of rotatable bonds is 0. The fourth-order valence-corrected chi connectivity index (χ4v) is 3.72. The lowest BCUT2D eigenvalue weighted by molar-refractivity contribution is 0.0879. The van der Waals surface area contributed by atoms with Gasteiger partial charge in [0.2, 0.25) is 5.88 Å². The summed E-state index contributed by atoms with van der Waals surface area (Å²) in [5.74, 6) is 0.899. The Morgan fingerprint density at radius 3 is 3.03 bits per heavy atom. The standard InChI is InChI=1S/C20H22N6O3/c1-12-8-13-15-5-7-29-26(15)16-4-6-25-17(23-16)14(10-22-25)18(27)24-20(2,3)11-28-19(13)21-9-12/h4,6,8-10,15H,5,7,11H2,1-3H3,(H,24,27). The molecule has 9 heteroatoms. The van der Waals surface area contributed by atoms with Crippen molar-refractivity contribution in [2.45, 2.75) is 38.8 Å². The molecule has 0 aromatic carbocycles. The number of aromatic nitrogens is 4. The lowest BCUT2D eigenvalue weighted by Crippen LogP contribution is -2.48. The molecule has 5 rings (SSSR count). The summed E-state index contributed by atoms with van der Waals surface area (Å²) in [5, 5.41) is 9.05. The van der Waals surface area contributed by atoms with Gasteiger partial charge in [-0.1, -0.05) is 0 Å². The highest BCUT2D eigenvalue weighted by Gasteiger charge is 2.34. The lowest BCUT2D eigenvalue weighted by atomic mass is 10.0. The summed E-state index contributed by atoms with van der Waals surface area (Å²) in [6.45, 7) is 6.65. The number of aryl methyl sites for hydroxylation is 1. The van der Waals surface area contributed by atoms with E-state index in [1.807, 2.05) is 26.8 Å². The number of hydrogen-bond donors (Lipinski definition) is 1. The van der Waals surface area contributed by atoms with Gasteiger partial charge in [0.25, 0.3) is 5.91 Å². The first-order valence-corrected chi connectivity index (χ1v) is 9.60. The van der Waals surface area contributed by atoms with Crippen LogP contribution in [0.4, 0.5) is 5.82 Å². The van der Waals surface area contributed by atoms with Crippen molar-refractivity contribution in [1.29, 1.82) is 0 Å². The first-order chi connectivity index (χ1) is 13.9. The van der Waals surface area contributed by atoms with Crippen molar-refractivity contribution in [3.8, 4) is 5.88 Å². The van der Waals surface area contributed by atoms with Gasteiger partial charge in [0, 0.05) is 30.4 Å². The minimum Gasteiger partial charge on any atom is -0.475 e. The number of fused-ring (bicyclic) bond motifs is 5. The lowest BCUT2D eigenvalue weighted by Gasteiger charge is -2.28. The van der Waals surface area contributed by atoms with Crippen molar-refractivity contribution in [1.82, 2.24) is 24.9 Å². The summed E-state index contributed by atoms with van der Waals surface area (Å²) in [4.78, 5) is 28.0. The molecule has 3 aromatic heterocycles. The largest absolute Gasteiger partial charge is 0.475 e. The topological polar surface area (TPSA) is 93.9 Å². The van der Waals surface area contributed by atoms with E-state index in [-0.39, 0.29) is 18.6 Å². The number of hydroxylamine groups is 1. The zero-order chi connectivity index (χ0) is 20.2. The second kappa shape index (κ2) is 6.41. The predicted molar refractivity (Wildman–Crippen MR) is 105 cm³/mol. The normalized spacial score (nSPS) is 20.9. The van der Waals surface area contributed by atoms with Crippen LogP contribution in [0.3, 0.4) is 0 Å². The molecule has 1 unspecified atom stereocenters. The Morgan fingerprint density at radius 1 is 1.31 bits per heavy atom. The van der Waals surface area contributed by atoms with Gasteiger partial charge in [-0.05, 0) is 32.4 Å². The van der Waals surface area contributed by atoms with Crippen LogP contribution < -0.4 is 15.1 Å². The number of nitrogens with one attached hydrogen (secondary N) is 1. The van der Waals surface area contributed by atoms with Gasteiger partial charge < -0.3 is 10.1 Å². The Morgan fingerprint density at radius 2 is 2.17 bits per heavy atom. The second-order valence-electron chi connectivity index (χ2n) is 8.11. The molecule has 2 aliphatic heterocycles. The van der Waals surface area contributed by atoms with Crippen molar-refractivity contribution < 1.29 is 14.4 Å². The average Bonchev–Trinajstić information content (AvgIpc) is 3.32. The van der Waals surface area contributed by atoms with E-state index in [0.29, 0.717) is 29.5 Å².